The van der Waals surface area contributed by atoms with Crippen LogP contribution >= 0.6 is 0 Å². The second kappa shape index (κ2) is 7.02. The largest absolute Gasteiger partial charge is 0.380 e. The molecule has 0 aromatic heterocycles. The first-order valence-electron chi connectivity index (χ1n) is 9.55. The molecule has 2 aromatic carbocycles. The van der Waals surface area contributed by atoms with Crippen LogP contribution in [0, 0.1) is 12.7 Å². The van der Waals surface area contributed by atoms with Crippen molar-refractivity contribution in [3.8, 4) is 11.1 Å². The van der Waals surface area contributed by atoms with Gasteiger partial charge in [-0.3, -0.25) is 9.59 Å². The standard InChI is InChI=1S/C22H23FN2O3/c1-15-2-7-18(19(23)14-15)16-3-5-17(6-4-16)20(26)24-10-12-25(13-11-24)21(27)22(28)8-9-22/h2-7,14,28H,8-13H2,1H3. The molecular formula is C22H23FN2O3. The van der Waals surface area contributed by atoms with Crippen molar-refractivity contribution >= 4 is 11.8 Å². The fourth-order valence-corrected chi connectivity index (χ4v) is 3.57. The van der Waals surface area contributed by atoms with Gasteiger partial charge in [-0.15, -0.1) is 0 Å². The maximum Gasteiger partial charge on any atom is 0.254 e. The Labute approximate surface area is 163 Å². The van der Waals surface area contributed by atoms with Gasteiger partial charge >= 0.3 is 0 Å². The molecule has 1 saturated heterocycles. The highest BCUT2D eigenvalue weighted by molar-refractivity contribution is 5.95. The highest BCUT2D eigenvalue weighted by Gasteiger charge is 2.50. The molecule has 2 amide bonds. The van der Waals surface area contributed by atoms with E-state index in [1.807, 2.05) is 13.0 Å². The molecule has 1 aliphatic heterocycles. The highest BCUT2D eigenvalue weighted by Crippen LogP contribution is 2.37. The van der Waals surface area contributed by atoms with Crippen LogP contribution in [0.2, 0.25) is 0 Å². The topological polar surface area (TPSA) is 60.9 Å². The lowest BCUT2D eigenvalue weighted by atomic mass is 10.0. The molecule has 1 aliphatic carbocycles. The van der Waals surface area contributed by atoms with Crippen LogP contribution in [0.4, 0.5) is 4.39 Å². The molecule has 6 heteroatoms. The van der Waals surface area contributed by atoms with Crippen LogP contribution in [-0.2, 0) is 4.79 Å². The molecule has 4 rings (SSSR count). The summed E-state index contributed by atoms with van der Waals surface area (Å²) in [5.41, 5.74) is 1.47. The first-order chi connectivity index (χ1) is 13.4. The first-order valence-corrected chi connectivity index (χ1v) is 9.55. The number of carbonyl (C=O) groups is 2. The van der Waals surface area contributed by atoms with Crippen LogP contribution in [0.3, 0.4) is 0 Å². The molecule has 146 valence electrons. The number of hydrogen-bond acceptors (Lipinski definition) is 3. The van der Waals surface area contributed by atoms with E-state index in [1.165, 1.54) is 6.07 Å². The van der Waals surface area contributed by atoms with Gasteiger partial charge in [-0.25, -0.2) is 4.39 Å². The predicted octanol–water partition coefficient (Wildman–Crippen LogP) is 2.61. The number of hydrogen-bond donors (Lipinski definition) is 1. The van der Waals surface area contributed by atoms with Crippen molar-refractivity contribution < 1.29 is 19.1 Å². The molecule has 28 heavy (non-hydrogen) atoms. The van der Waals surface area contributed by atoms with Crippen molar-refractivity contribution in [2.45, 2.75) is 25.4 Å². The lowest BCUT2D eigenvalue weighted by molar-refractivity contribution is -0.143. The summed E-state index contributed by atoms with van der Waals surface area (Å²) in [5, 5.41) is 9.96. The van der Waals surface area contributed by atoms with E-state index in [4.69, 9.17) is 0 Å². The van der Waals surface area contributed by atoms with E-state index < -0.39 is 5.60 Å². The van der Waals surface area contributed by atoms with Gasteiger partial charge in [0.05, 0.1) is 0 Å². The average Bonchev–Trinajstić information content (AvgIpc) is 3.46. The van der Waals surface area contributed by atoms with Crippen LogP contribution in [0.1, 0.15) is 28.8 Å². The second-order valence-corrected chi connectivity index (χ2v) is 7.68. The predicted molar refractivity (Wildman–Crippen MR) is 103 cm³/mol. The van der Waals surface area contributed by atoms with Gasteiger partial charge in [-0.05, 0) is 49.1 Å². The van der Waals surface area contributed by atoms with Gasteiger partial charge in [0.2, 0.25) is 0 Å². The van der Waals surface area contributed by atoms with Crippen molar-refractivity contribution in [1.29, 1.82) is 0 Å². The number of rotatable bonds is 3. The monoisotopic (exact) mass is 382 g/mol. The zero-order valence-electron chi connectivity index (χ0n) is 15.8. The molecule has 2 aliphatic rings. The summed E-state index contributed by atoms with van der Waals surface area (Å²) in [4.78, 5) is 28.3. The van der Waals surface area contributed by atoms with Gasteiger partial charge in [0.15, 0.2) is 0 Å². The van der Waals surface area contributed by atoms with Crippen molar-refractivity contribution in [1.82, 2.24) is 9.80 Å². The molecule has 2 fully saturated rings. The van der Waals surface area contributed by atoms with Gasteiger partial charge in [-0.2, -0.15) is 0 Å². The van der Waals surface area contributed by atoms with E-state index in [9.17, 15) is 19.1 Å². The van der Waals surface area contributed by atoms with Gasteiger partial charge < -0.3 is 14.9 Å². The minimum atomic E-state index is -1.16. The minimum Gasteiger partial charge on any atom is -0.380 e. The molecule has 0 spiro atoms. The van der Waals surface area contributed by atoms with Crippen LogP contribution in [0.25, 0.3) is 11.1 Å². The lowest BCUT2D eigenvalue weighted by Crippen LogP contribution is -2.53. The maximum atomic E-state index is 14.2. The number of benzene rings is 2. The summed E-state index contributed by atoms with van der Waals surface area (Å²) >= 11 is 0. The number of nitrogens with zero attached hydrogens (tertiary/aromatic N) is 2. The summed E-state index contributed by atoms with van der Waals surface area (Å²) in [7, 11) is 0. The molecule has 0 bridgehead atoms. The quantitative estimate of drug-likeness (QED) is 0.888. The van der Waals surface area contributed by atoms with Crippen molar-refractivity contribution in [2.75, 3.05) is 26.2 Å². The van der Waals surface area contributed by atoms with Crippen molar-refractivity contribution in [2.24, 2.45) is 0 Å². The van der Waals surface area contributed by atoms with Crippen molar-refractivity contribution in [3.05, 3.63) is 59.4 Å². The SMILES string of the molecule is Cc1ccc(-c2ccc(C(=O)N3CCN(C(=O)C4(O)CC4)CC3)cc2)c(F)c1. The molecule has 1 heterocycles. The Morgan fingerprint density at radius 2 is 1.57 bits per heavy atom. The zero-order chi connectivity index (χ0) is 19.9. The van der Waals surface area contributed by atoms with Gasteiger partial charge in [-0.1, -0.05) is 24.3 Å². The molecule has 0 radical (unpaired) electrons. The molecule has 2 aromatic rings. The van der Waals surface area contributed by atoms with Crippen molar-refractivity contribution in [3.63, 3.8) is 0 Å². The van der Waals surface area contributed by atoms with Crippen LogP contribution < -0.4 is 0 Å². The first kappa shape index (κ1) is 18.6. The third-order valence-electron chi connectivity index (χ3n) is 5.54. The van der Waals surface area contributed by atoms with Gasteiger partial charge in [0.1, 0.15) is 11.4 Å². The van der Waals surface area contributed by atoms with Gasteiger partial charge in [0.25, 0.3) is 11.8 Å². The Morgan fingerprint density at radius 1 is 0.964 bits per heavy atom. The Bertz CT molecular complexity index is 914. The van der Waals surface area contributed by atoms with E-state index in [2.05, 4.69) is 0 Å². The van der Waals surface area contributed by atoms with Crippen LogP contribution in [0.15, 0.2) is 42.5 Å². The highest BCUT2D eigenvalue weighted by atomic mass is 19.1. The minimum absolute atomic E-state index is 0.104. The molecule has 1 N–H and O–H groups in total. The number of carbonyl (C=O) groups excluding carboxylic acids is 2. The molecule has 5 nitrogen and oxygen atoms in total. The third-order valence-corrected chi connectivity index (χ3v) is 5.54. The Hall–Kier alpha value is -2.73. The lowest BCUT2D eigenvalue weighted by Gasteiger charge is -2.35. The number of aliphatic hydroxyl groups is 1. The van der Waals surface area contributed by atoms with E-state index in [-0.39, 0.29) is 17.6 Å². The van der Waals surface area contributed by atoms with Crippen LogP contribution in [-0.4, -0.2) is 58.5 Å². The summed E-state index contributed by atoms with van der Waals surface area (Å²) in [6.07, 6.45) is 1.05. The smallest absolute Gasteiger partial charge is 0.254 e. The summed E-state index contributed by atoms with van der Waals surface area (Å²) in [6.45, 7) is 3.58. The fraction of sp³-hybridized carbons (Fsp3) is 0.364. The average molecular weight is 382 g/mol. The maximum absolute atomic E-state index is 14.2. The van der Waals surface area contributed by atoms with Gasteiger partial charge in [0, 0.05) is 37.3 Å². The molecular weight excluding hydrogens is 359 g/mol. The molecule has 0 atom stereocenters. The molecule has 0 unspecified atom stereocenters. The Kier molecular flexibility index (Phi) is 4.67. The second-order valence-electron chi connectivity index (χ2n) is 7.68. The number of piperazine rings is 1. The van der Waals surface area contributed by atoms with E-state index in [1.54, 1.807) is 40.1 Å². The van der Waals surface area contributed by atoms with E-state index >= 15 is 0 Å². The number of halogens is 1. The molecule has 1 saturated carbocycles. The normalized spacial score (nSPS) is 18.1. The zero-order valence-corrected chi connectivity index (χ0v) is 15.8. The Balaban J connectivity index is 1.41. The summed E-state index contributed by atoms with van der Waals surface area (Å²) in [6, 6.07) is 12.0. The number of amides is 2. The fourth-order valence-electron chi connectivity index (χ4n) is 3.57. The number of aryl methyl sites for hydroxylation is 1. The van der Waals surface area contributed by atoms with Crippen LogP contribution in [0.5, 0.6) is 0 Å². The third kappa shape index (κ3) is 3.52. The van der Waals surface area contributed by atoms with E-state index in [0.29, 0.717) is 50.1 Å². The summed E-state index contributed by atoms with van der Waals surface area (Å²) in [5.74, 6) is -0.602. The Morgan fingerprint density at radius 3 is 2.14 bits per heavy atom. The van der Waals surface area contributed by atoms with E-state index in [0.717, 1.165) is 11.1 Å². The summed E-state index contributed by atoms with van der Waals surface area (Å²) < 4.78 is 14.2.